The van der Waals surface area contributed by atoms with Crippen molar-refractivity contribution in [1.29, 1.82) is 0 Å². The molecule has 0 saturated heterocycles. The van der Waals surface area contributed by atoms with Gasteiger partial charge in [-0.05, 0) is 36.1 Å². The van der Waals surface area contributed by atoms with E-state index in [2.05, 4.69) is 5.32 Å². The van der Waals surface area contributed by atoms with Crippen molar-refractivity contribution in [3.8, 4) is 5.75 Å². The molecule has 0 unspecified atom stereocenters. The Morgan fingerprint density at radius 1 is 1.20 bits per heavy atom. The van der Waals surface area contributed by atoms with E-state index in [-0.39, 0.29) is 17.6 Å². The van der Waals surface area contributed by atoms with Gasteiger partial charge in [-0.2, -0.15) is 0 Å². The molecule has 104 valence electrons. The average molecular weight is 269 g/mol. The lowest BCUT2D eigenvalue weighted by atomic mass is 9.97. The van der Waals surface area contributed by atoms with Crippen LogP contribution >= 0.6 is 0 Å². The molecule has 1 atom stereocenters. The molecule has 0 aliphatic rings. The molecule has 0 fully saturated rings. The van der Waals surface area contributed by atoms with Crippen molar-refractivity contribution in [3.63, 3.8) is 0 Å². The van der Waals surface area contributed by atoms with Crippen LogP contribution in [0.4, 0.5) is 5.69 Å². The van der Waals surface area contributed by atoms with E-state index in [1.54, 1.807) is 12.1 Å². The smallest absolute Gasteiger partial charge is 0.225 e. The van der Waals surface area contributed by atoms with E-state index in [0.29, 0.717) is 12.1 Å². The number of nitrogens with one attached hydrogen (secondary N) is 1. The second-order valence-electron chi connectivity index (χ2n) is 5.08. The normalized spacial score (nSPS) is 11.9. The molecule has 0 heterocycles. The van der Waals surface area contributed by atoms with Crippen LogP contribution in [0.2, 0.25) is 0 Å². The second-order valence-corrected chi connectivity index (χ2v) is 5.08. The van der Waals surface area contributed by atoms with Gasteiger partial charge in [-0.3, -0.25) is 4.79 Å². The summed E-state index contributed by atoms with van der Waals surface area (Å²) in [5, 5.41) is 12.5. The zero-order valence-electron chi connectivity index (χ0n) is 11.8. The molecule has 0 radical (unpaired) electrons. The van der Waals surface area contributed by atoms with Gasteiger partial charge in [-0.25, -0.2) is 0 Å². The minimum atomic E-state index is -0.0968. The van der Waals surface area contributed by atoms with Crippen LogP contribution in [0, 0.1) is 6.92 Å². The van der Waals surface area contributed by atoms with Crippen molar-refractivity contribution in [2.24, 2.45) is 0 Å². The molecule has 0 aliphatic carbocycles. The van der Waals surface area contributed by atoms with Crippen LogP contribution in [0.5, 0.6) is 5.75 Å². The number of carbonyl (C=O) groups excluding carboxylic acids is 1. The van der Waals surface area contributed by atoms with E-state index in [9.17, 15) is 9.90 Å². The highest BCUT2D eigenvalue weighted by Gasteiger charge is 2.12. The van der Waals surface area contributed by atoms with Gasteiger partial charge in [0.2, 0.25) is 5.91 Å². The van der Waals surface area contributed by atoms with E-state index in [1.807, 2.05) is 50.2 Å². The number of phenols is 1. The van der Waals surface area contributed by atoms with Crippen molar-refractivity contribution in [2.45, 2.75) is 26.2 Å². The SMILES string of the molecule is Cc1ccc(NC(=O)C[C@@H](C)c2ccccc2)c(O)c1. The van der Waals surface area contributed by atoms with Crippen LogP contribution in [0.25, 0.3) is 0 Å². The van der Waals surface area contributed by atoms with Gasteiger partial charge in [-0.15, -0.1) is 0 Å². The topological polar surface area (TPSA) is 49.3 Å². The van der Waals surface area contributed by atoms with Gasteiger partial charge in [0.1, 0.15) is 5.75 Å². The molecule has 3 nitrogen and oxygen atoms in total. The van der Waals surface area contributed by atoms with Crippen molar-refractivity contribution in [1.82, 2.24) is 0 Å². The fourth-order valence-electron chi connectivity index (χ4n) is 2.13. The van der Waals surface area contributed by atoms with E-state index in [1.165, 1.54) is 0 Å². The molecule has 3 heteroatoms. The Labute approximate surface area is 119 Å². The van der Waals surface area contributed by atoms with Gasteiger partial charge in [0.15, 0.2) is 0 Å². The summed E-state index contributed by atoms with van der Waals surface area (Å²) in [5.41, 5.74) is 2.55. The Kier molecular flexibility index (Phi) is 4.41. The van der Waals surface area contributed by atoms with Crippen LogP contribution in [-0.2, 0) is 4.79 Å². The van der Waals surface area contributed by atoms with Gasteiger partial charge in [0.25, 0.3) is 0 Å². The number of aromatic hydroxyl groups is 1. The Morgan fingerprint density at radius 3 is 2.55 bits per heavy atom. The fraction of sp³-hybridized carbons (Fsp3) is 0.235. The number of carbonyl (C=O) groups is 1. The summed E-state index contributed by atoms with van der Waals surface area (Å²) in [7, 11) is 0. The Bertz CT molecular complexity index is 593. The molecule has 2 aromatic carbocycles. The lowest BCUT2D eigenvalue weighted by molar-refractivity contribution is -0.116. The lowest BCUT2D eigenvalue weighted by Crippen LogP contribution is -2.14. The molecule has 0 bridgehead atoms. The first kappa shape index (κ1) is 14.1. The third kappa shape index (κ3) is 3.60. The van der Waals surface area contributed by atoms with Crippen LogP contribution in [-0.4, -0.2) is 11.0 Å². The monoisotopic (exact) mass is 269 g/mol. The van der Waals surface area contributed by atoms with Crippen molar-refractivity contribution >= 4 is 11.6 Å². The quantitative estimate of drug-likeness (QED) is 0.829. The average Bonchev–Trinajstić information content (AvgIpc) is 2.43. The summed E-state index contributed by atoms with van der Waals surface area (Å²) >= 11 is 0. The molecule has 0 aromatic heterocycles. The largest absolute Gasteiger partial charge is 0.506 e. The number of phenolic OH excluding ortho intramolecular Hbond substituents is 1. The molecule has 20 heavy (non-hydrogen) atoms. The van der Waals surface area contributed by atoms with Gasteiger partial charge < -0.3 is 10.4 Å². The molecule has 0 saturated carbocycles. The summed E-state index contributed by atoms with van der Waals surface area (Å²) in [6.45, 7) is 3.91. The Balaban J connectivity index is 1.99. The molecule has 0 aliphatic heterocycles. The molecule has 0 spiro atoms. The number of anilines is 1. The fourth-order valence-corrected chi connectivity index (χ4v) is 2.13. The van der Waals surface area contributed by atoms with Crippen molar-refractivity contribution in [2.75, 3.05) is 5.32 Å². The summed E-state index contributed by atoms with van der Waals surface area (Å²) < 4.78 is 0. The number of rotatable bonds is 4. The van der Waals surface area contributed by atoms with E-state index < -0.39 is 0 Å². The summed E-state index contributed by atoms with van der Waals surface area (Å²) in [5.74, 6) is 0.148. The van der Waals surface area contributed by atoms with Crippen LogP contribution in [0.15, 0.2) is 48.5 Å². The first-order valence-corrected chi connectivity index (χ1v) is 6.70. The van der Waals surface area contributed by atoms with Crippen molar-refractivity contribution < 1.29 is 9.90 Å². The first-order valence-electron chi connectivity index (χ1n) is 6.70. The molecule has 1 amide bonds. The van der Waals surface area contributed by atoms with Gasteiger partial charge in [-0.1, -0.05) is 43.3 Å². The number of benzene rings is 2. The first-order chi connectivity index (χ1) is 9.56. The standard InChI is InChI=1S/C17H19NO2/c1-12-8-9-15(16(19)10-12)18-17(20)11-13(2)14-6-4-3-5-7-14/h3-10,13,19H,11H2,1-2H3,(H,18,20)/t13-/m1/s1. The summed E-state index contributed by atoms with van der Waals surface area (Å²) in [6, 6.07) is 15.1. The maximum Gasteiger partial charge on any atom is 0.225 e. The molecular formula is C17H19NO2. The maximum absolute atomic E-state index is 12.0. The van der Waals surface area contributed by atoms with Gasteiger partial charge in [0.05, 0.1) is 5.69 Å². The molecular weight excluding hydrogens is 250 g/mol. The number of amides is 1. The lowest BCUT2D eigenvalue weighted by Gasteiger charge is -2.13. The Morgan fingerprint density at radius 2 is 1.90 bits per heavy atom. The van der Waals surface area contributed by atoms with Gasteiger partial charge in [0, 0.05) is 6.42 Å². The summed E-state index contributed by atoms with van der Waals surface area (Å²) in [6.07, 6.45) is 0.386. The maximum atomic E-state index is 12.0. The number of hydrogen-bond donors (Lipinski definition) is 2. The highest BCUT2D eigenvalue weighted by molar-refractivity contribution is 5.92. The highest BCUT2D eigenvalue weighted by Crippen LogP contribution is 2.25. The third-order valence-electron chi connectivity index (χ3n) is 3.29. The van der Waals surface area contributed by atoms with Crippen LogP contribution < -0.4 is 5.32 Å². The van der Waals surface area contributed by atoms with Crippen LogP contribution in [0.1, 0.15) is 30.4 Å². The van der Waals surface area contributed by atoms with Gasteiger partial charge >= 0.3 is 0 Å². The van der Waals surface area contributed by atoms with E-state index in [4.69, 9.17) is 0 Å². The second kappa shape index (κ2) is 6.24. The molecule has 2 aromatic rings. The third-order valence-corrected chi connectivity index (χ3v) is 3.29. The van der Waals surface area contributed by atoms with E-state index >= 15 is 0 Å². The van der Waals surface area contributed by atoms with E-state index in [0.717, 1.165) is 11.1 Å². The minimum Gasteiger partial charge on any atom is -0.506 e. The predicted octanol–water partition coefficient (Wildman–Crippen LogP) is 3.83. The zero-order chi connectivity index (χ0) is 14.5. The zero-order valence-corrected chi connectivity index (χ0v) is 11.8. The molecule has 2 rings (SSSR count). The highest BCUT2D eigenvalue weighted by atomic mass is 16.3. The predicted molar refractivity (Wildman–Crippen MR) is 80.9 cm³/mol. The van der Waals surface area contributed by atoms with Crippen molar-refractivity contribution in [3.05, 3.63) is 59.7 Å². The minimum absolute atomic E-state index is 0.0968. The number of aryl methyl sites for hydroxylation is 1. The van der Waals surface area contributed by atoms with Crippen LogP contribution in [0.3, 0.4) is 0 Å². The number of hydrogen-bond acceptors (Lipinski definition) is 2. The summed E-state index contributed by atoms with van der Waals surface area (Å²) in [4.78, 5) is 12.0. The Hall–Kier alpha value is -2.29. The molecule has 2 N–H and O–H groups in total.